The Balaban J connectivity index is 1.60. The number of hydrogen-bond acceptors (Lipinski definition) is 6. The molecule has 0 aliphatic heterocycles. The Bertz CT molecular complexity index is 926. The highest BCUT2D eigenvalue weighted by Crippen LogP contribution is 2.21. The van der Waals surface area contributed by atoms with Gasteiger partial charge in [-0.15, -0.1) is 0 Å². The van der Waals surface area contributed by atoms with Gasteiger partial charge in [0.1, 0.15) is 17.3 Å². The van der Waals surface area contributed by atoms with E-state index in [-0.39, 0.29) is 6.10 Å². The van der Waals surface area contributed by atoms with Gasteiger partial charge in [-0.3, -0.25) is 0 Å². The second-order valence-electron chi connectivity index (χ2n) is 7.06. The van der Waals surface area contributed by atoms with Crippen LogP contribution in [0.5, 0.6) is 11.5 Å². The summed E-state index contributed by atoms with van der Waals surface area (Å²) in [6.07, 6.45) is 1.01. The van der Waals surface area contributed by atoms with Crippen molar-refractivity contribution in [1.82, 2.24) is 9.97 Å². The van der Waals surface area contributed by atoms with Gasteiger partial charge in [0.25, 0.3) is 0 Å². The summed E-state index contributed by atoms with van der Waals surface area (Å²) in [5.74, 6) is 3.07. The highest BCUT2D eigenvalue weighted by Gasteiger charge is 2.04. The number of hydrogen-bond donors (Lipinski definition) is 2. The standard InChI is InChI=1S/C23H28N4O2/c1-16(2)29-20-10-8-19(9-11-20)26-22-14-17(3)25-23(27-22)24-13-12-18-6-5-7-21(15-18)28-4/h5-11,14-16H,12-13H2,1-4H3,(H2,24,25,26,27). The Hall–Kier alpha value is -3.28. The van der Waals surface area contributed by atoms with Crippen LogP contribution >= 0.6 is 0 Å². The minimum atomic E-state index is 0.156. The molecular formula is C23H28N4O2. The molecule has 2 aromatic carbocycles. The van der Waals surface area contributed by atoms with Gasteiger partial charge >= 0.3 is 0 Å². The molecule has 1 heterocycles. The zero-order valence-electron chi connectivity index (χ0n) is 17.4. The number of benzene rings is 2. The van der Waals surface area contributed by atoms with Crippen LogP contribution in [0.15, 0.2) is 54.6 Å². The summed E-state index contributed by atoms with van der Waals surface area (Å²) < 4.78 is 11.0. The minimum Gasteiger partial charge on any atom is -0.497 e. The Labute approximate surface area is 172 Å². The number of aryl methyl sites for hydroxylation is 1. The van der Waals surface area contributed by atoms with Crippen LogP contribution in [0.2, 0.25) is 0 Å². The van der Waals surface area contributed by atoms with Crippen molar-refractivity contribution in [2.24, 2.45) is 0 Å². The second-order valence-corrected chi connectivity index (χ2v) is 7.06. The molecule has 6 heteroatoms. The first-order valence-electron chi connectivity index (χ1n) is 9.78. The molecule has 29 heavy (non-hydrogen) atoms. The van der Waals surface area contributed by atoms with Crippen LogP contribution in [0, 0.1) is 6.92 Å². The van der Waals surface area contributed by atoms with Crippen LogP contribution in [-0.2, 0) is 6.42 Å². The maximum atomic E-state index is 5.68. The monoisotopic (exact) mass is 392 g/mol. The molecule has 3 aromatic rings. The summed E-state index contributed by atoms with van der Waals surface area (Å²) in [6, 6.07) is 17.8. The molecule has 0 aliphatic rings. The largest absolute Gasteiger partial charge is 0.497 e. The average Bonchev–Trinajstić information content (AvgIpc) is 2.69. The summed E-state index contributed by atoms with van der Waals surface area (Å²) in [7, 11) is 1.68. The van der Waals surface area contributed by atoms with E-state index in [1.807, 2.05) is 69.3 Å². The molecule has 3 rings (SSSR count). The summed E-state index contributed by atoms with van der Waals surface area (Å²) in [5, 5.41) is 6.63. The predicted molar refractivity (Wildman–Crippen MR) is 117 cm³/mol. The smallest absolute Gasteiger partial charge is 0.224 e. The minimum absolute atomic E-state index is 0.156. The van der Waals surface area contributed by atoms with E-state index in [4.69, 9.17) is 9.47 Å². The van der Waals surface area contributed by atoms with Gasteiger partial charge in [0.15, 0.2) is 0 Å². The Morgan fingerprint density at radius 3 is 2.48 bits per heavy atom. The van der Waals surface area contributed by atoms with Crippen molar-refractivity contribution in [2.45, 2.75) is 33.3 Å². The fourth-order valence-electron chi connectivity index (χ4n) is 2.90. The topological polar surface area (TPSA) is 68.3 Å². The zero-order valence-corrected chi connectivity index (χ0v) is 17.4. The van der Waals surface area contributed by atoms with Gasteiger partial charge in [-0.2, -0.15) is 4.98 Å². The number of aromatic nitrogens is 2. The van der Waals surface area contributed by atoms with E-state index in [1.165, 1.54) is 5.56 Å². The molecular weight excluding hydrogens is 364 g/mol. The lowest BCUT2D eigenvalue weighted by Crippen LogP contribution is -2.09. The number of ether oxygens (including phenoxy) is 2. The lowest BCUT2D eigenvalue weighted by atomic mass is 10.1. The molecule has 0 fully saturated rings. The first-order chi connectivity index (χ1) is 14.0. The van der Waals surface area contributed by atoms with Crippen LogP contribution in [0.25, 0.3) is 0 Å². The fraction of sp³-hybridized carbons (Fsp3) is 0.304. The quantitative estimate of drug-likeness (QED) is 0.535. The van der Waals surface area contributed by atoms with Crippen molar-refractivity contribution in [2.75, 3.05) is 24.3 Å². The molecule has 0 aliphatic carbocycles. The van der Waals surface area contributed by atoms with Gasteiger partial charge < -0.3 is 20.1 Å². The van der Waals surface area contributed by atoms with Gasteiger partial charge in [-0.25, -0.2) is 4.98 Å². The zero-order chi connectivity index (χ0) is 20.6. The third-order valence-corrected chi connectivity index (χ3v) is 4.18. The molecule has 0 bridgehead atoms. The molecule has 0 saturated carbocycles. The van der Waals surface area contributed by atoms with E-state index < -0.39 is 0 Å². The normalized spacial score (nSPS) is 10.7. The first-order valence-corrected chi connectivity index (χ1v) is 9.78. The fourth-order valence-corrected chi connectivity index (χ4v) is 2.90. The lowest BCUT2D eigenvalue weighted by molar-refractivity contribution is 0.242. The van der Waals surface area contributed by atoms with Crippen molar-refractivity contribution in [3.63, 3.8) is 0 Å². The average molecular weight is 393 g/mol. The van der Waals surface area contributed by atoms with Gasteiger partial charge in [-0.05, 0) is 69.2 Å². The molecule has 0 radical (unpaired) electrons. The van der Waals surface area contributed by atoms with Crippen LogP contribution < -0.4 is 20.1 Å². The highest BCUT2D eigenvalue weighted by atomic mass is 16.5. The second kappa shape index (κ2) is 9.78. The summed E-state index contributed by atoms with van der Waals surface area (Å²) in [6.45, 7) is 6.72. The van der Waals surface area contributed by atoms with Crippen LogP contribution in [0.4, 0.5) is 17.5 Å². The first kappa shape index (κ1) is 20.5. The van der Waals surface area contributed by atoms with Gasteiger partial charge in [0.2, 0.25) is 5.95 Å². The van der Waals surface area contributed by atoms with Gasteiger partial charge in [0.05, 0.1) is 13.2 Å². The predicted octanol–water partition coefficient (Wildman–Crippen LogP) is 4.98. The SMILES string of the molecule is COc1cccc(CCNc2nc(C)cc(Nc3ccc(OC(C)C)cc3)n2)c1. The summed E-state index contributed by atoms with van der Waals surface area (Å²) in [5.41, 5.74) is 3.04. The third kappa shape index (κ3) is 6.38. The number of nitrogens with zero attached hydrogens (tertiary/aromatic N) is 2. The van der Waals surface area contributed by atoms with Crippen molar-refractivity contribution < 1.29 is 9.47 Å². The lowest BCUT2D eigenvalue weighted by Gasteiger charge is -2.12. The molecule has 0 atom stereocenters. The van der Waals surface area contributed by atoms with E-state index in [1.54, 1.807) is 7.11 Å². The molecule has 6 nitrogen and oxygen atoms in total. The molecule has 0 saturated heterocycles. The number of rotatable bonds is 9. The van der Waals surface area contributed by atoms with Crippen molar-refractivity contribution in [3.8, 4) is 11.5 Å². The third-order valence-electron chi connectivity index (χ3n) is 4.18. The summed E-state index contributed by atoms with van der Waals surface area (Å²) in [4.78, 5) is 9.06. The molecule has 2 N–H and O–H groups in total. The molecule has 0 unspecified atom stereocenters. The van der Waals surface area contributed by atoms with Crippen LogP contribution in [-0.4, -0.2) is 29.7 Å². The Morgan fingerprint density at radius 1 is 0.966 bits per heavy atom. The van der Waals surface area contributed by atoms with E-state index in [0.717, 1.165) is 41.7 Å². The van der Waals surface area contributed by atoms with Crippen LogP contribution in [0.1, 0.15) is 25.1 Å². The number of nitrogens with one attached hydrogen (secondary N) is 2. The van der Waals surface area contributed by atoms with Crippen molar-refractivity contribution in [1.29, 1.82) is 0 Å². The van der Waals surface area contributed by atoms with E-state index in [0.29, 0.717) is 5.95 Å². The Kier molecular flexibility index (Phi) is 6.89. The molecule has 0 spiro atoms. The molecule has 0 amide bonds. The molecule has 1 aromatic heterocycles. The number of anilines is 3. The van der Waals surface area contributed by atoms with Crippen molar-refractivity contribution in [3.05, 3.63) is 65.9 Å². The van der Waals surface area contributed by atoms with Gasteiger partial charge in [-0.1, -0.05) is 12.1 Å². The highest BCUT2D eigenvalue weighted by molar-refractivity contribution is 5.58. The maximum Gasteiger partial charge on any atom is 0.224 e. The summed E-state index contributed by atoms with van der Waals surface area (Å²) >= 11 is 0. The van der Waals surface area contributed by atoms with E-state index in [2.05, 4.69) is 26.7 Å². The number of methoxy groups -OCH3 is 1. The Morgan fingerprint density at radius 2 is 1.76 bits per heavy atom. The van der Waals surface area contributed by atoms with E-state index >= 15 is 0 Å². The van der Waals surface area contributed by atoms with Crippen LogP contribution in [0.3, 0.4) is 0 Å². The molecule has 152 valence electrons. The van der Waals surface area contributed by atoms with E-state index in [9.17, 15) is 0 Å². The van der Waals surface area contributed by atoms with Crippen molar-refractivity contribution >= 4 is 17.5 Å². The maximum absolute atomic E-state index is 5.68. The van der Waals surface area contributed by atoms with Gasteiger partial charge in [0, 0.05) is 24.0 Å².